The van der Waals surface area contributed by atoms with Crippen LogP contribution in [0.1, 0.15) is 18.6 Å². The number of rotatable bonds is 5. The summed E-state index contributed by atoms with van der Waals surface area (Å²) >= 11 is 0. The molecule has 30 heavy (non-hydrogen) atoms. The van der Waals surface area contributed by atoms with Gasteiger partial charge in [0.25, 0.3) is 5.69 Å². The van der Waals surface area contributed by atoms with Crippen molar-refractivity contribution in [1.82, 2.24) is 4.31 Å². The Morgan fingerprint density at radius 1 is 1.20 bits per heavy atom. The first-order valence-corrected chi connectivity index (χ1v) is 10.7. The van der Waals surface area contributed by atoms with Crippen LogP contribution in [-0.2, 0) is 24.3 Å². The van der Waals surface area contributed by atoms with Gasteiger partial charge in [0.1, 0.15) is 0 Å². The number of esters is 1. The molecule has 2 aliphatic rings. The van der Waals surface area contributed by atoms with Gasteiger partial charge in [-0.1, -0.05) is 30.3 Å². The molecule has 0 saturated carbocycles. The first-order chi connectivity index (χ1) is 14.2. The molecule has 2 aromatic carbocycles. The summed E-state index contributed by atoms with van der Waals surface area (Å²) in [6, 6.07) is 13.9. The van der Waals surface area contributed by atoms with Crippen LogP contribution >= 0.6 is 0 Å². The van der Waals surface area contributed by atoms with E-state index in [-0.39, 0.29) is 17.1 Å². The normalized spacial score (nSPS) is 28.4. The maximum absolute atomic E-state index is 13.3. The first kappa shape index (κ1) is 20.5. The first-order valence-electron chi connectivity index (χ1n) is 9.30. The van der Waals surface area contributed by atoms with Crippen molar-refractivity contribution >= 4 is 21.7 Å². The minimum absolute atomic E-state index is 0.0678. The fourth-order valence-electron chi connectivity index (χ4n) is 4.49. The Balaban J connectivity index is 1.74. The number of fused-ring (bicyclic) bond motifs is 1. The van der Waals surface area contributed by atoms with Crippen LogP contribution in [0.3, 0.4) is 0 Å². The van der Waals surface area contributed by atoms with E-state index in [0.29, 0.717) is 0 Å². The Kier molecular flexibility index (Phi) is 4.88. The summed E-state index contributed by atoms with van der Waals surface area (Å²) in [6.07, 6.45) is -1.20. The van der Waals surface area contributed by atoms with E-state index in [2.05, 4.69) is 0 Å². The highest BCUT2D eigenvalue weighted by Gasteiger charge is 2.73. The second-order valence-electron chi connectivity index (χ2n) is 7.32. The highest BCUT2D eigenvalue weighted by molar-refractivity contribution is 7.89. The lowest BCUT2D eigenvalue weighted by Gasteiger charge is -2.52. The van der Waals surface area contributed by atoms with Crippen molar-refractivity contribution < 1.29 is 27.6 Å². The molecule has 0 radical (unpaired) electrons. The Morgan fingerprint density at radius 2 is 1.83 bits per heavy atom. The van der Waals surface area contributed by atoms with Crippen molar-refractivity contribution in [2.24, 2.45) is 5.92 Å². The van der Waals surface area contributed by atoms with Gasteiger partial charge in [-0.05, 0) is 24.6 Å². The summed E-state index contributed by atoms with van der Waals surface area (Å²) in [5, 5.41) is 10.9. The lowest BCUT2D eigenvalue weighted by molar-refractivity contribution is -0.384. The summed E-state index contributed by atoms with van der Waals surface area (Å²) in [5.41, 5.74) is -0.872. The molecular weight excluding hydrogens is 412 g/mol. The van der Waals surface area contributed by atoms with Crippen LogP contribution < -0.4 is 0 Å². The molecule has 2 saturated heterocycles. The van der Waals surface area contributed by atoms with Gasteiger partial charge in [0.2, 0.25) is 10.0 Å². The number of hydrogen-bond acceptors (Lipinski definition) is 7. The minimum atomic E-state index is -4.12. The fraction of sp³-hybridized carbons (Fsp3) is 0.350. The molecule has 0 amide bonds. The molecular formula is C20H20N2O7S. The standard InChI is InChI=1S/C20H20N2O7S/c1-13-20(19(23)28-2)17(18(29-13)14-6-4-3-5-7-14)12-21(20)30(26,27)16-10-8-15(9-11-16)22(24)25/h3-11,13,17-18H,12H2,1-2H3/t13-,17-,18-,20+/m1/s1. The van der Waals surface area contributed by atoms with Crippen molar-refractivity contribution in [2.75, 3.05) is 13.7 Å². The molecule has 9 nitrogen and oxygen atoms in total. The number of benzene rings is 2. The predicted molar refractivity (Wildman–Crippen MR) is 105 cm³/mol. The molecule has 0 spiro atoms. The number of nitrogens with zero attached hydrogens (tertiary/aromatic N) is 2. The summed E-state index contributed by atoms with van der Waals surface area (Å²) in [5.74, 6) is -1.11. The van der Waals surface area contributed by atoms with Crippen LogP contribution in [0.15, 0.2) is 59.5 Å². The molecule has 4 atom stereocenters. The second-order valence-corrected chi connectivity index (χ2v) is 9.18. The van der Waals surface area contributed by atoms with Gasteiger partial charge in [-0.3, -0.25) is 10.1 Å². The Labute approximate surface area is 173 Å². The van der Waals surface area contributed by atoms with Gasteiger partial charge in [0.05, 0.1) is 29.1 Å². The number of sulfonamides is 1. The van der Waals surface area contributed by atoms with E-state index in [1.165, 1.54) is 19.2 Å². The number of carbonyl (C=O) groups is 1. The van der Waals surface area contributed by atoms with Crippen molar-refractivity contribution in [3.8, 4) is 0 Å². The maximum Gasteiger partial charge on any atom is 0.330 e. The Hall–Kier alpha value is -2.82. The molecule has 10 heteroatoms. The quantitative estimate of drug-likeness (QED) is 0.404. The fourth-order valence-corrected chi connectivity index (χ4v) is 6.34. The zero-order chi connectivity index (χ0) is 21.7. The monoisotopic (exact) mass is 432 g/mol. The van der Waals surface area contributed by atoms with Crippen LogP contribution in [0, 0.1) is 16.0 Å². The van der Waals surface area contributed by atoms with Crippen molar-refractivity contribution in [3.05, 3.63) is 70.3 Å². The summed E-state index contributed by atoms with van der Waals surface area (Å²) in [4.78, 5) is 23.1. The van der Waals surface area contributed by atoms with Crippen LogP contribution in [0.4, 0.5) is 5.69 Å². The lowest BCUT2D eigenvalue weighted by atomic mass is 9.71. The van der Waals surface area contributed by atoms with E-state index in [1.807, 2.05) is 30.3 Å². The van der Waals surface area contributed by atoms with Crippen molar-refractivity contribution in [1.29, 1.82) is 0 Å². The van der Waals surface area contributed by atoms with Gasteiger partial charge in [-0.2, -0.15) is 4.31 Å². The Morgan fingerprint density at radius 3 is 2.40 bits per heavy atom. The third-order valence-electron chi connectivity index (χ3n) is 5.95. The molecule has 158 valence electrons. The molecule has 0 aliphatic carbocycles. The van der Waals surface area contributed by atoms with Gasteiger partial charge in [-0.15, -0.1) is 0 Å². The number of methoxy groups -OCH3 is 1. The zero-order valence-corrected chi connectivity index (χ0v) is 17.1. The van der Waals surface area contributed by atoms with Gasteiger partial charge in [0.15, 0.2) is 5.54 Å². The third-order valence-corrected chi connectivity index (χ3v) is 7.85. The van der Waals surface area contributed by atoms with Crippen molar-refractivity contribution in [3.63, 3.8) is 0 Å². The van der Waals surface area contributed by atoms with Crippen LogP contribution in [-0.4, -0.2) is 48.9 Å². The van der Waals surface area contributed by atoms with E-state index in [4.69, 9.17) is 9.47 Å². The minimum Gasteiger partial charge on any atom is -0.468 e. The SMILES string of the molecule is COC(=O)[C@]12[C@H](CN1S(=O)(=O)c1ccc([N+](=O)[O-])cc1)[C@@H](c1ccccc1)O[C@@H]2C. The van der Waals surface area contributed by atoms with Gasteiger partial charge < -0.3 is 9.47 Å². The molecule has 0 bridgehead atoms. The van der Waals surface area contributed by atoms with E-state index in [0.717, 1.165) is 22.0 Å². The number of carbonyl (C=O) groups excluding carboxylic acids is 1. The summed E-state index contributed by atoms with van der Waals surface area (Å²) in [7, 11) is -2.91. The van der Waals surface area contributed by atoms with E-state index in [1.54, 1.807) is 6.92 Å². The molecule has 4 rings (SSSR count). The molecule has 2 heterocycles. The molecule has 2 aliphatic heterocycles. The third kappa shape index (κ3) is 2.75. The summed E-state index contributed by atoms with van der Waals surface area (Å²) in [6.45, 7) is 1.72. The van der Waals surface area contributed by atoms with Crippen LogP contribution in [0.2, 0.25) is 0 Å². The maximum atomic E-state index is 13.3. The summed E-state index contributed by atoms with van der Waals surface area (Å²) < 4.78 is 38.9. The highest BCUT2D eigenvalue weighted by Crippen LogP contribution is 2.57. The largest absolute Gasteiger partial charge is 0.468 e. The molecule has 2 aromatic rings. The topological polar surface area (TPSA) is 116 Å². The average Bonchev–Trinajstić information content (AvgIpc) is 2.94. The van der Waals surface area contributed by atoms with E-state index < -0.39 is 44.6 Å². The zero-order valence-electron chi connectivity index (χ0n) is 16.3. The van der Waals surface area contributed by atoms with Gasteiger partial charge >= 0.3 is 5.97 Å². The number of nitro benzene ring substituents is 1. The van der Waals surface area contributed by atoms with E-state index in [9.17, 15) is 23.3 Å². The number of ether oxygens (including phenoxy) is 2. The molecule has 2 fully saturated rings. The van der Waals surface area contributed by atoms with Gasteiger partial charge in [-0.25, -0.2) is 13.2 Å². The molecule has 0 aromatic heterocycles. The van der Waals surface area contributed by atoms with Crippen molar-refractivity contribution in [2.45, 2.75) is 29.6 Å². The van der Waals surface area contributed by atoms with E-state index >= 15 is 0 Å². The second kappa shape index (κ2) is 7.15. The smallest absolute Gasteiger partial charge is 0.330 e. The predicted octanol–water partition coefficient (Wildman–Crippen LogP) is 2.29. The molecule has 0 unspecified atom stereocenters. The highest BCUT2D eigenvalue weighted by atomic mass is 32.2. The van der Waals surface area contributed by atoms with Crippen LogP contribution in [0.25, 0.3) is 0 Å². The van der Waals surface area contributed by atoms with Crippen LogP contribution in [0.5, 0.6) is 0 Å². The Bertz CT molecular complexity index is 1090. The van der Waals surface area contributed by atoms with Gasteiger partial charge in [0, 0.05) is 24.6 Å². The number of nitro groups is 1. The number of non-ortho nitro benzene ring substituents is 1. The average molecular weight is 432 g/mol. The lowest BCUT2D eigenvalue weighted by Crippen LogP contribution is -2.74. The number of hydrogen-bond donors (Lipinski definition) is 0. The molecule has 0 N–H and O–H groups in total.